The van der Waals surface area contributed by atoms with E-state index in [9.17, 15) is 4.79 Å². The van der Waals surface area contributed by atoms with Crippen LogP contribution in [0.4, 0.5) is 5.69 Å². The zero-order valence-electron chi connectivity index (χ0n) is 12.5. The fourth-order valence-corrected chi connectivity index (χ4v) is 3.76. The van der Waals surface area contributed by atoms with Crippen molar-refractivity contribution in [3.8, 4) is 10.4 Å². The van der Waals surface area contributed by atoms with Crippen LogP contribution < -0.4 is 5.73 Å². The molecule has 0 atom stereocenters. The second kappa shape index (κ2) is 5.85. The van der Waals surface area contributed by atoms with E-state index >= 15 is 0 Å². The number of ether oxygens (including phenoxy) is 1. The quantitative estimate of drug-likeness (QED) is 0.781. The Labute approximate surface area is 136 Å². The van der Waals surface area contributed by atoms with Gasteiger partial charge in [-0.1, -0.05) is 6.92 Å². The van der Waals surface area contributed by atoms with E-state index in [1.807, 2.05) is 33.8 Å². The highest BCUT2D eigenvalue weighted by Gasteiger charge is 2.26. The van der Waals surface area contributed by atoms with Crippen molar-refractivity contribution in [1.29, 1.82) is 0 Å². The monoisotopic (exact) mass is 371 g/mol. The summed E-state index contributed by atoms with van der Waals surface area (Å²) in [5, 5.41) is 0. The van der Waals surface area contributed by atoms with E-state index in [4.69, 9.17) is 14.9 Å². The summed E-state index contributed by atoms with van der Waals surface area (Å²) >= 11 is 4.71. The fourth-order valence-electron chi connectivity index (χ4n) is 1.98. The maximum absolute atomic E-state index is 12.3. The molecule has 21 heavy (non-hydrogen) atoms. The predicted octanol–water partition coefficient (Wildman–Crippen LogP) is 4.87. The van der Waals surface area contributed by atoms with Crippen LogP contribution in [0.3, 0.4) is 0 Å². The Morgan fingerprint density at radius 2 is 2.14 bits per heavy atom. The van der Waals surface area contributed by atoms with E-state index in [0.717, 1.165) is 22.4 Å². The summed E-state index contributed by atoms with van der Waals surface area (Å²) in [6.45, 7) is 7.52. The number of carbonyl (C=O) groups excluding carboxylic acids is 1. The molecule has 4 nitrogen and oxygen atoms in total. The van der Waals surface area contributed by atoms with Crippen LogP contribution >= 0.6 is 27.3 Å². The smallest absolute Gasteiger partial charge is 0.351 e. The van der Waals surface area contributed by atoms with Crippen molar-refractivity contribution in [2.75, 3.05) is 5.73 Å². The molecule has 2 rings (SSSR count). The van der Waals surface area contributed by atoms with E-state index in [0.29, 0.717) is 15.2 Å². The minimum atomic E-state index is -0.545. The summed E-state index contributed by atoms with van der Waals surface area (Å²) in [5.74, 6) is -0.384. The second-order valence-corrected chi connectivity index (χ2v) is 7.36. The zero-order chi connectivity index (χ0) is 15.8. The van der Waals surface area contributed by atoms with Crippen LogP contribution in [0.15, 0.2) is 21.4 Å². The SMILES string of the molecule is CCc1c(-c2ccoc2Br)sc(C(=O)OC(C)(C)C)c1N. The minimum Gasteiger partial charge on any atom is -0.457 e. The first kappa shape index (κ1) is 16.1. The summed E-state index contributed by atoms with van der Waals surface area (Å²) in [6, 6.07) is 1.85. The summed E-state index contributed by atoms with van der Waals surface area (Å²) in [5.41, 5.74) is 7.96. The molecule has 2 N–H and O–H groups in total. The first-order chi connectivity index (χ1) is 9.74. The van der Waals surface area contributed by atoms with Gasteiger partial charge in [0.25, 0.3) is 0 Å². The van der Waals surface area contributed by atoms with Crippen molar-refractivity contribution in [3.63, 3.8) is 0 Å². The topological polar surface area (TPSA) is 65.5 Å². The molecular formula is C15H18BrNO3S. The van der Waals surface area contributed by atoms with Gasteiger partial charge >= 0.3 is 5.97 Å². The van der Waals surface area contributed by atoms with E-state index in [-0.39, 0.29) is 5.97 Å². The molecule has 114 valence electrons. The van der Waals surface area contributed by atoms with Crippen LogP contribution in [0.2, 0.25) is 0 Å². The molecule has 0 bridgehead atoms. The molecule has 2 aromatic heterocycles. The Morgan fingerprint density at radius 1 is 1.48 bits per heavy atom. The summed E-state index contributed by atoms with van der Waals surface area (Å²) in [6.07, 6.45) is 2.33. The lowest BCUT2D eigenvalue weighted by Gasteiger charge is -2.19. The number of nitrogen functional groups attached to an aromatic ring is 1. The van der Waals surface area contributed by atoms with Crippen LogP contribution in [-0.2, 0) is 11.2 Å². The average molecular weight is 372 g/mol. The molecule has 0 fully saturated rings. The first-order valence-corrected chi connectivity index (χ1v) is 8.23. The Morgan fingerprint density at radius 3 is 2.62 bits per heavy atom. The van der Waals surface area contributed by atoms with Crippen molar-refractivity contribution in [2.45, 2.75) is 39.7 Å². The number of thiophene rings is 1. The lowest BCUT2D eigenvalue weighted by atomic mass is 10.1. The number of nitrogens with two attached hydrogens (primary N) is 1. The molecule has 0 saturated carbocycles. The minimum absolute atomic E-state index is 0.384. The number of esters is 1. The molecule has 0 aliphatic carbocycles. The van der Waals surface area contributed by atoms with Gasteiger partial charge in [0.05, 0.1) is 12.0 Å². The number of hydrogen-bond donors (Lipinski definition) is 1. The summed E-state index contributed by atoms with van der Waals surface area (Å²) in [4.78, 5) is 13.7. The fraction of sp³-hybridized carbons (Fsp3) is 0.400. The third kappa shape index (κ3) is 3.32. The molecule has 0 spiro atoms. The highest BCUT2D eigenvalue weighted by Crippen LogP contribution is 2.42. The third-order valence-electron chi connectivity index (χ3n) is 2.85. The third-order valence-corrected chi connectivity index (χ3v) is 4.72. The number of hydrogen-bond acceptors (Lipinski definition) is 5. The van der Waals surface area contributed by atoms with Gasteiger partial charge in [0.15, 0.2) is 4.67 Å². The maximum Gasteiger partial charge on any atom is 0.351 e. The zero-order valence-corrected chi connectivity index (χ0v) is 14.9. The predicted molar refractivity (Wildman–Crippen MR) is 88.7 cm³/mol. The Bertz CT molecular complexity index is 667. The molecule has 0 aliphatic rings. The summed E-state index contributed by atoms with van der Waals surface area (Å²) < 4.78 is 11.3. The molecule has 0 aliphatic heterocycles. The highest BCUT2D eigenvalue weighted by molar-refractivity contribution is 9.10. The lowest BCUT2D eigenvalue weighted by molar-refractivity contribution is 0.00763. The normalized spacial score (nSPS) is 11.7. The van der Waals surface area contributed by atoms with Crippen molar-refractivity contribution in [2.24, 2.45) is 0 Å². The van der Waals surface area contributed by atoms with Gasteiger partial charge in [0.1, 0.15) is 10.5 Å². The van der Waals surface area contributed by atoms with E-state index in [1.165, 1.54) is 11.3 Å². The number of halogens is 1. The van der Waals surface area contributed by atoms with E-state index in [2.05, 4.69) is 15.9 Å². The summed E-state index contributed by atoms with van der Waals surface area (Å²) in [7, 11) is 0. The number of carbonyl (C=O) groups is 1. The van der Waals surface area contributed by atoms with Crippen molar-refractivity contribution >= 4 is 38.9 Å². The molecular weight excluding hydrogens is 354 g/mol. The molecule has 0 aromatic carbocycles. The molecule has 2 heterocycles. The van der Waals surface area contributed by atoms with Gasteiger partial charge in [-0.2, -0.15) is 0 Å². The van der Waals surface area contributed by atoms with Crippen molar-refractivity contribution in [1.82, 2.24) is 0 Å². The van der Waals surface area contributed by atoms with Crippen LogP contribution in [0.5, 0.6) is 0 Å². The molecule has 6 heteroatoms. The van der Waals surface area contributed by atoms with E-state index in [1.54, 1.807) is 6.26 Å². The van der Waals surface area contributed by atoms with Gasteiger partial charge < -0.3 is 14.9 Å². The Balaban J connectivity index is 2.49. The van der Waals surface area contributed by atoms with Crippen molar-refractivity contribution in [3.05, 3.63) is 27.4 Å². The largest absolute Gasteiger partial charge is 0.457 e. The number of rotatable bonds is 3. The average Bonchev–Trinajstić information content (AvgIpc) is 2.90. The number of anilines is 1. The molecule has 0 saturated heterocycles. The van der Waals surface area contributed by atoms with E-state index < -0.39 is 5.60 Å². The standard InChI is InChI=1S/C15H18BrNO3S/c1-5-8-10(17)12(14(18)20-15(2,3)4)21-11(8)9-6-7-19-13(9)16/h6-7H,5,17H2,1-4H3. The highest BCUT2D eigenvalue weighted by atomic mass is 79.9. The van der Waals surface area contributed by atoms with Gasteiger partial charge in [0.2, 0.25) is 0 Å². The first-order valence-electron chi connectivity index (χ1n) is 6.62. The van der Waals surface area contributed by atoms with Gasteiger partial charge in [-0.15, -0.1) is 11.3 Å². The van der Waals surface area contributed by atoms with Gasteiger partial charge in [-0.25, -0.2) is 4.79 Å². The van der Waals surface area contributed by atoms with Crippen LogP contribution in [0, 0.1) is 0 Å². The van der Waals surface area contributed by atoms with Crippen LogP contribution in [0.25, 0.3) is 10.4 Å². The van der Waals surface area contributed by atoms with Gasteiger partial charge in [0, 0.05) is 10.4 Å². The lowest BCUT2D eigenvalue weighted by Crippen LogP contribution is -2.23. The van der Waals surface area contributed by atoms with Crippen LogP contribution in [0.1, 0.15) is 42.9 Å². The molecule has 0 amide bonds. The van der Waals surface area contributed by atoms with Crippen LogP contribution in [-0.4, -0.2) is 11.6 Å². The Kier molecular flexibility index (Phi) is 4.49. The second-order valence-electron chi connectivity index (χ2n) is 5.62. The molecule has 2 aromatic rings. The Hall–Kier alpha value is -1.27. The number of furan rings is 1. The van der Waals surface area contributed by atoms with Crippen molar-refractivity contribution < 1.29 is 13.9 Å². The van der Waals surface area contributed by atoms with Gasteiger partial charge in [-0.05, 0) is 54.8 Å². The molecule has 0 radical (unpaired) electrons. The maximum atomic E-state index is 12.3. The van der Waals surface area contributed by atoms with Gasteiger partial charge in [-0.3, -0.25) is 0 Å². The molecule has 0 unspecified atom stereocenters.